The van der Waals surface area contributed by atoms with Crippen molar-refractivity contribution in [2.45, 2.75) is 13.5 Å². The fourth-order valence-electron chi connectivity index (χ4n) is 1.81. The Morgan fingerprint density at radius 2 is 2.39 bits per heavy atom. The van der Waals surface area contributed by atoms with E-state index in [1.54, 1.807) is 6.20 Å². The first kappa shape index (κ1) is 12.6. The molecular formula is C11H17N5O2. The number of nitrogens with two attached hydrogens (primary N) is 1. The van der Waals surface area contributed by atoms with Crippen LogP contribution in [-0.2, 0) is 16.1 Å². The van der Waals surface area contributed by atoms with Crippen molar-refractivity contribution in [3.63, 3.8) is 0 Å². The fourth-order valence-corrected chi connectivity index (χ4v) is 1.81. The van der Waals surface area contributed by atoms with E-state index in [9.17, 15) is 9.59 Å². The lowest BCUT2D eigenvalue weighted by atomic mass is 9.88. The van der Waals surface area contributed by atoms with Crippen LogP contribution in [0.4, 0.5) is 5.69 Å². The molecule has 0 radical (unpaired) electrons. The lowest BCUT2D eigenvalue weighted by Gasteiger charge is -2.31. The van der Waals surface area contributed by atoms with E-state index in [1.165, 1.54) is 10.9 Å². The summed E-state index contributed by atoms with van der Waals surface area (Å²) in [6.45, 7) is 3.69. The largest absolute Gasteiger partial charge is 0.368 e. The Labute approximate surface area is 105 Å². The maximum atomic E-state index is 11.9. The standard InChI is InChI=1S/C11H17N5O2/c1-7(8-2-13-3-8)11(18)15-9-4-14-16(5-9)6-10(12)17/h4-5,7-8,13H,2-3,6H2,1H3,(H2,12,17)(H,15,18). The third-order valence-corrected chi connectivity index (χ3v) is 3.15. The summed E-state index contributed by atoms with van der Waals surface area (Å²) < 4.78 is 1.40. The molecule has 1 aliphatic heterocycles. The molecule has 98 valence electrons. The lowest BCUT2D eigenvalue weighted by Crippen LogP contribution is -2.48. The van der Waals surface area contributed by atoms with Crippen molar-refractivity contribution in [1.29, 1.82) is 0 Å². The molecule has 7 heteroatoms. The zero-order valence-corrected chi connectivity index (χ0v) is 10.2. The van der Waals surface area contributed by atoms with Gasteiger partial charge in [-0.05, 0) is 19.0 Å². The second-order valence-corrected chi connectivity index (χ2v) is 4.59. The quantitative estimate of drug-likeness (QED) is 0.635. The van der Waals surface area contributed by atoms with Gasteiger partial charge in [-0.25, -0.2) is 0 Å². The molecule has 0 aliphatic carbocycles. The van der Waals surface area contributed by atoms with Crippen molar-refractivity contribution >= 4 is 17.5 Å². The molecule has 2 heterocycles. The van der Waals surface area contributed by atoms with Gasteiger partial charge in [0.1, 0.15) is 6.54 Å². The predicted octanol–water partition coefficient (Wildman–Crippen LogP) is -0.838. The van der Waals surface area contributed by atoms with Gasteiger partial charge in [-0.3, -0.25) is 14.3 Å². The second-order valence-electron chi connectivity index (χ2n) is 4.59. The van der Waals surface area contributed by atoms with Gasteiger partial charge in [-0.2, -0.15) is 5.10 Å². The van der Waals surface area contributed by atoms with E-state index in [0.29, 0.717) is 11.6 Å². The maximum absolute atomic E-state index is 11.9. The molecule has 1 saturated heterocycles. The van der Waals surface area contributed by atoms with Crippen LogP contribution < -0.4 is 16.4 Å². The first-order valence-corrected chi connectivity index (χ1v) is 5.88. The Bertz CT molecular complexity index is 452. The van der Waals surface area contributed by atoms with Gasteiger partial charge in [-0.1, -0.05) is 6.92 Å². The van der Waals surface area contributed by atoms with Crippen molar-refractivity contribution in [1.82, 2.24) is 15.1 Å². The highest BCUT2D eigenvalue weighted by Gasteiger charge is 2.28. The van der Waals surface area contributed by atoms with Gasteiger partial charge >= 0.3 is 0 Å². The van der Waals surface area contributed by atoms with Crippen LogP contribution in [-0.4, -0.2) is 34.7 Å². The van der Waals surface area contributed by atoms with Crippen molar-refractivity contribution in [3.05, 3.63) is 12.4 Å². The number of rotatable bonds is 5. The van der Waals surface area contributed by atoms with Gasteiger partial charge in [0.15, 0.2) is 0 Å². The monoisotopic (exact) mass is 251 g/mol. The van der Waals surface area contributed by atoms with E-state index in [0.717, 1.165) is 13.1 Å². The molecule has 2 amide bonds. The molecule has 1 fully saturated rings. The van der Waals surface area contributed by atoms with Crippen LogP contribution in [0.15, 0.2) is 12.4 Å². The molecule has 7 nitrogen and oxygen atoms in total. The van der Waals surface area contributed by atoms with Crippen LogP contribution >= 0.6 is 0 Å². The van der Waals surface area contributed by atoms with Crippen LogP contribution in [0.3, 0.4) is 0 Å². The summed E-state index contributed by atoms with van der Waals surface area (Å²) in [5.74, 6) is -0.138. The number of carbonyl (C=O) groups excluding carboxylic acids is 2. The average molecular weight is 251 g/mol. The number of hydrogen-bond acceptors (Lipinski definition) is 4. The summed E-state index contributed by atoms with van der Waals surface area (Å²) in [5.41, 5.74) is 5.64. The van der Waals surface area contributed by atoms with E-state index >= 15 is 0 Å². The highest BCUT2D eigenvalue weighted by molar-refractivity contribution is 5.92. The molecule has 0 spiro atoms. The Balaban J connectivity index is 1.90. The minimum absolute atomic E-state index is 0.0119. The van der Waals surface area contributed by atoms with E-state index in [2.05, 4.69) is 15.7 Å². The minimum Gasteiger partial charge on any atom is -0.368 e. The lowest BCUT2D eigenvalue weighted by molar-refractivity contribution is -0.121. The van der Waals surface area contributed by atoms with Crippen LogP contribution in [0, 0.1) is 11.8 Å². The van der Waals surface area contributed by atoms with Crippen LogP contribution in [0.1, 0.15) is 6.92 Å². The Morgan fingerprint density at radius 3 is 2.94 bits per heavy atom. The molecule has 18 heavy (non-hydrogen) atoms. The molecule has 1 aliphatic rings. The minimum atomic E-state index is -0.468. The number of hydrogen-bond donors (Lipinski definition) is 3. The summed E-state index contributed by atoms with van der Waals surface area (Å²) in [6.07, 6.45) is 3.10. The zero-order chi connectivity index (χ0) is 13.1. The van der Waals surface area contributed by atoms with E-state index in [1.807, 2.05) is 6.92 Å². The van der Waals surface area contributed by atoms with Crippen molar-refractivity contribution in [3.8, 4) is 0 Å². The van der Waals surface area contributed by atoms with Gasteiger partial charge in [0.25, 0.3) is 0 Å². The summed E-state index contributed by atoms with van der Waals surface area (Å²) in [5, 5.41) is 9.86. The molecule has 1 atom stereocenters. The normalized spacial score (nSPS) is 16.9. The molecule has 4 N–H and O–H groups in total. The Hall–Kier alpha value is -1.89. The van der Waals surface area contributed by atoms with E-state index < -0.39 is 5.91 Å². The molecular weight excluding hydrogens is 234 g/mol. The van der Waals surface area contributed by atoms with Gasteiger partial charge in [-0.15, -0.1) is 0 Å². The molecule has 1 aromatic heterocycles. The molecule has 0 aromatic carbocycles. The topological polar surface area (TPSA) is 102 Å². The van der Waals surface area contributed by atoms with Gasteiger partial charge in [0, 0.05) is 12.1 Å². The number of nitrogens with zero attached hydrogens (tertiary/aromatic N) is 2. The van der Waals surface area contributed by atoms with Crippen molar-refractivity contribution in [2.24, 2.45) is 17.6 Å². The van der Waals surface area contributed by atoms with Gasteiger partial charge in [0.2, 0.25) is 11.8 Å². The Morgan fingerprint density at radius 1 is 1.67 bits per heavy atom. The molecule has 1 aromatic rings. The van der Waals surface area contributed by atoms with Crippen LogP contribution in [0.2, 0.25) is 0 Å². The third-order valence-electron chi connectivity index (χ3n) is 3.15. The predicted molar refractivity (Wildman–Crippen MR) is 65.6 cm³/mol. The maximum Gasteiger partial charge on any atom is 0.239 e. The first-order valence-electron chi connectivity index (χ1n) is 5.88. The number of anilines is 1. The SMILES string of the molecule is CC(C(=O)Nc1cnn(CC(N)=O)c1)C1CNC1. The molecule has 1 unspecified atom stereocenters. The summed E-state index contributed by atoms with van der Waals surface area (Å²) in [7, 11) is 0. The summed E-state index contributed by atoms with van der Waals surface area (Å²) in [6, 6.07) is 0. The second kappa shape index (κ2) is 5.18. The summed E-state index contributed by atoms with van der Waals surface area (Å²) >= 11 is 0. The van der Waals surface area contributed by atoms with Crippen LogP contribution in [0.25, 0.3) is 0 Å². The van der Waals surface area contributed by atoms with Gasteiger partial charge < -0.3 is 16.4 Å². The smallest absolute Gasteiger partial charge is 0.239 e. The highest BCUT2D eigenvalue weighted by Crippen LogP contribution is 2.18. The van der Waals surface area contributed by atoms with Crippen molar-refractivity contribution < 1.29 is 9.59 Å². The zero-order valence-electron chi connectivity index (χ0n) is 10.2. The number of amides is 2. The van der Waals surface area contributed by atoms with E-state index in [-0.39, 0.29) is 18.4 Å². The summed E-state index contributed by atoms with van der Waals surface area (Å²) in [4.78, 5) is 22.6. The van der Waals surface area contributed by atoms with Gasteiger partial charge in [0.05, 0.1) is 11.9 Å². The molecule has 0 saturated carbocycles. The third kappa shape index (κ3) is 2.86. The van der Waals surface area contributed by atoms with Crippen molar-refractivity contribution in [2.75, 3.05) is 18.4 Å². The highest BCUT2D eigenvalue weighted by atomic mass is 16.2. The fraction of sp³-hybridized carbons (Fsp3) is 0.545. The Kier molecular flexibility index (Phi) is 3.61. The number of nitrogens with one attached hydrogen (secondary N) is 2. The molecule has 2 rings (SSSR count). The average Bonchev–Trinajstić information content (AvgIpc) is 2.61. The molecule has 0 bridgehead atoms. The first-order chi connectivity index (χ1) is 8.56. The van der Waals surface area contributed by atoms with E-state index in [4.69, 9.17) is 5.73 Å². The number of aromatic nitrogens is 2. The number of carbonyl (C=O) groups is 2. The number of primary amides is 1. The van der Waals surface area contributed by atoms with Crippen LogP contribution in [0.5, 0.6) is 0 Å².